The van der Waals surface area contributed by atoms with Crippen LogP contribution >= 0.6 is 0 Å². The molecule has 0 fully saturated rings. The van der Waals surface area contributed by atoms with Gasteiger partial charge in [0.05, 0.1) is 11.9 Å². The van der Waals surface area contributed by atoms with Crippen molar-refractivity contribution < 1.29 is 0 Å². The number of nitrogens with one attached hydrogen (secondary N) is 2. The molecule has 2 heterocycles. The zero-order valence-corrected chi connectivity index (χ0v) is 6.39. The molecule has 0 aromatic carbocycles. The molecular weight excluding hydrogens is 158 g/mol. The topological polar surface area (TPSA) is 84.3 Å². The van der Waals surface area contributed by atoms with Crippen molar-refractivity contribution in [2.75, 3.05) is 5.32 Å². The Morgan fingerprint density at radius 2 is 2.50 bits per heavy atom. The van der Waals surface area contributed by atoms with Gasteiger partial charge in [0.15, 0.2) is 0 Å². The van der Waals surface area contributed by atoms with Crippen LogP contribution in [0.5, 0.6) is 0 Å². The van der Waals surface area contributed by atoms with Crippen LogP contribution in [-0.2, 0) is 7.05 Å². The molecule has 12 heavy (non-hydrogen) atoms. The van der Waals surface area contributed by atoms with Crippen LogP contribution in [0, 0.1) is 0 Å². The molecule has 0 bridgehead atoms. The first kappa shape index (κ1) is 6.77. The maximum Gasteiger partial charge on any atom is 0.267 e. The normalized spacial score (nSPS) is 10.1. The number of anilines is 2. The van der Waals surface area contributed by atoms with Gasteiger partial charge in [-0.25, -0.2) is 0 Å². The molecule has 0 saturated heterocycles. The summed E-state index contributed by atoms with van der Waals surface area (Å²) in [5.41, 5.74) is 0.832. The maximum absolute atomic E-state index is 3.97. The summed E-state index contributed by atoms with van der Waals surface area (Å²) in [4.78, 5) is 0. The van der Waals surface area contributed by atoms with Crippen LogP contribution in [0.1, 0.15) is 0 Å². The summed E-state index contributed by atoms with van der Waals surface area (Å²) in [6, 6.07) is 0. The number of tetrazole rings is 1. The Hall–Kier alpha value is -1.92. The minimum atomic E-state index is 0.433. The van der Waals surface area contributed by atoms with Gasteiger partial charge in [-0.3, -0.25) is 4.68 Å². The fourth-order valence-corrected chi connectivity index (χ4v) is 0.830. The van der Waals surface area contributed by atoms with Gasteiger partial charge in [0.2, 0.25) is 0 Å². The van der Waals surface area contributed by atoms with Crippen molar-refractivity contribution in [3.8, 4) is 0 Å². The number of aryl methyl sites for hydroxylation is 1. The first-order valence-corrected chi connectivity index (χ1v) is 3.34. The van der Waals surface area contributed by atoms with Crippen molar-refractivity contribution in [2.45, 2.75) is 0 Å². The van der Waals surface area contributed by atoms with Crippen molar-refractivity contribution in [1.29, 1.82) is 0 Å². The quantitative estimate of drug-likeness (QED) is 0.636. The molecule has 0 unspecified atom stereocenters. The lowest BCUT2D eigenvalue weighted by Gasteiger charge is -1.92. The molecule has 0 aliphatic heterocycles. The van der Waals surface area contributed by atoms with Crippen LogP contribution in [0.15, 0.2) is 12.4 Å². The highest BCUT2D eigenvalue weighted by molar-refractivity contribution is 5.48. The van der Waals surface area contributed by atoms with Gasteiger partial charge in [0.25, 0.3) is 5.95 Å². The molecule has 62 valence electrons. The second-order valence-corrected chi connectivity index (χ2v) is 2.26. The molecule has 2 aromatic heterocycles. The van der Waals surface area contributed by atoms with Gasteiger partial charge in [-0.15, -0.1) is 5.10 Å². The second kappa shape index (κ2) is 2.61. The molecule has 2 N–H and O–H groups in total. The largest absolute Gasteiger partial charge is 0.319 e. The standard InChI is InChI=1S/C5H7N7/c1-12-3-4(2-6-12)7-5-8-10-11-9-5/h2-3H,1H3,(H2,7,8,9,10,11). The Morgan fingerprint density at radius 1 is 1.58 bits per heavy atom. The first-order valence-electron chi connectivity index (χ1n) is 3.34. The van der Waals surface area contributed by atoms with Crippen molar-refractivity contribution in [3.63, 3.8) is 0 Å². The lowest BCUT2D eigenvalue weighted by Crippen LogP contribution is -1.90. The molecule has 2 aromatic rings. The van der Waals surface area contributed by atoms with E-state index in [2.05, 4.69) is 31.0 Å². The van der Waals surface area contributed by atoms with E-state index >= 15 is 0 Å². The van der Waals surface area contributed by atoms with Crippen LogP contribution in [0.25, 0.3) is 0 Å². The summed E-state index contributed by atoms with van der Waals surface area (Å²) in [6.07, 6.45) is 3.49. The highest BCUT2D eigenvalue weighted by atomic mass is 15.5. The van der Waals surface area contributed by atoms with Crippen LogP contribution in [0.2, 0.25) is 0 Å². The minimum absolute atomic E-state index is 0.433. The van der Waals surface area contributed by atoms with E-state index in [4.69, 9.17) is 0 Å². The average molecular weight is 165 g/mol. The Labute approximate surface area is 67.8 Å². The molecule has 7 heteroatoms. The monoisotopic (exact) mass is 165 g/mol. The maximum atomic E-state index is 3.97. The first-order chi connectivity index (χ1) is 5.84. The second-order valence-electron chi connectivity index (χ2n) is 2.26. The third-order valence-electron chi connectivity index (χ3n) is 1.31. The molecule has 0 amide bonds. The molecule has 2 rings (SSSR count). The van der Waals surface area contributed by atoms with E-state index in [1.807, 2.05) is 13.2 Å². The average Bonchev–Trinajstić information content (AvgIpc) is 2.63. The minimum Gasteiger partial charge on any atom is -0.319 e. The predicted octanol–water partition coefficient (Wildman–Crippen LogP) is -0.323. The Morgan fingerprint density at radius 3 is 3.08 bits per heavy atom. The van der Waals surface area contributed by atoms with E-state index in [9.17, 15) is 0 Å². The lowest BCUT2D eigenvalue weighted by atomic mass is 10.6. The van der Waals surface area contributed by atoms with E-state index in [0.717, 1.165) is 5.69 Å². The van der Waals surface area contributed by atoms with Gasteiger partial charge in [0.1, 0.15) is 0 Å². The number of rotatable bonds is 2. The molecule has 0 aliphatic rings. The summed E-state index contributed by atoms with van der Waals surface area (Å²) in [6.45, 7) is 0. The number of aromatic nitrogens is 6. The Balaban J connectivity index is 2.14. The van der Waals surface area contributed by atoms with Crippen molar-refractivity contribution in [2.24, 2.45) is 7.05 Å². The van der Waals surface area contributed by atoms with Crippen molar-refractivity contribution in [3.05, 3.63) is 12.4 Å². The lowest BCUT2D eigenvalue weighted by molar-refractivity contribution is 0.768. The van der Waals surface area contributed by atoms with E-state index < -0.39 is 0 Å². The number of aromatic amines is 1. The molecule has 0 radical (unpaired) electrons. The molecule has 0 atom stereocenters. The number of H-pyrrole nitrogens is 1. The smallest absolute Gasteiger partial charge is 0.267 e. The molecule has 0 saturated carbocycles. The van der Waals surface area contributed by atoms with Crippen LogP contribution in [0.3, 0.4) is 0 Å². The van der Waals surface area contributed by atoms with Crippen LogP contribution < -0.4 is 5.32 Å². The summed E-state index contributed by atoms with van der Waals surface area (Å²) < 4.78 is 1.68. The molecule has 0 aliphatic carbocycles. The fourth-order valence-electron chi connectivity index (χ4n) is 0.830. The highest BCUT2D eigenvalue weighted by Gasteiger charge is 1.99. The summed E-state index contributed by atoms with van der Waals surface area (Å²) in [5.74, 6) is 0.433. The zero-order chi connectivity index (χ0) is 8.39. The molecular formula is C5H7N7. The van der Waals surface area contributed by atoms with Gasteiger partial charge in [-0.1, -0.05) is 5.10 Å². The van der Waals surface area contributed by atoms with E-state index in [0.29, 0.717) is 5.95 Å². The zero-order valence-electron chi connectivity index (χ0n) is 6.39. The molecule has 0 spiro atoms. The Bertz CT molecular complexity index is 348. The van der Waals surface area contributed by atoms with Crippen LogP contribution in [0.4, 0.5) is 11.6 Å². The highest BCUT2D eigenvalue weighted by Crippen LogP contribution is 2.07. The predicted molar refractivity (Wildman–Crippen MR) is 40.7 cm³/mol. The van der Waals surface area contributed by atoms with Gasteiger partial charge in [0, 0.05) is 13.2 Å². The SMILES string of the molecule is Cn1cc(Nc2nn[nH]n2)cn1. The van der Waals surface area contributed by atoms with Gasteiger partial charge in [-0.05, 0) is 5.21 Å². The third kappa shape index (κ3) is 1.24. The van der Waals surface area contributed by atoms with Gasteiger partial charge in [-0.2, -0.15) is 10.3 Å². The summed E-state index contributed by atoms with van der Waals surface area (Å²) >= 11 is 0. The summed E-state index contributed by atoms with van der Waals surface area (Å²) in [5, 5.41) is 20.1. The number of nitrogens with zero attached hydrogens (tertiary/aromatic N) is 5. The summed E-state index contributed by atoms with van der Waals surface area (Å²) in [7, 11) is 1.83. The van der Waals surface area contributed by atoms with Crippen molar-refractivity contribution >= 4 is 11.6 Å². The van der Waals surface area contributed by atoms with E-state index in [1.54, 1.807) is 10.9 Å². The third-order valence-corrected chi connectivity index (χ3v) is 1.31. The van der Waals surface area contributed by atoms with E-state index in [1.165, 1.54) is 0 Å². The van der Waals surface area contributed by atoms with Gasteiger partial charge >= 0.3 is 0 Å². The van der Waals surface area contributed by atoms with Gasteiger partial charge < -0.3 is 5.32 Å². The number of hydrogen-bond acceptors (Lipinski definition) is 5. The van der Waals surface area contributed by atoms with Crippen LogP contribution in [-0.4, -0.2) is 30.4 Å². The molecule has 7 nitrogen and oxygen atoms in total. The van der Waals surface area contributed by atoms with E-state index in [-0.39, 0.29) is 0 Å². The fraction of sp³-hybridized carbons (Fsp3) is 0.200. The number of hydrogen-bond donors (Lipinski definition) is 2. The van der Waals surface area contributed by atoms with Crippen molar-refractivity contribution in [1.82, 2.24) is 30.4 Å². The Kier molecular flexibility index (Phi) is 1.47.